The summed E-state index contributed by atoms with van der Waals surface area (Å²) in [4.78, 5) is 27.4. The molecule has 0 radical (unpaired) electrons. The number of rotatable bonds is 6. The Labute approximate surface area is 181 Å². The molecule has 2 heterocycles. The van der Waals surface area contributed by atoms with Crippen LogP contribution in [0.1, 0.15) is 23.0 Å². The highest BCUT2D eigenvalue weighted by Gasteiger charge is 2.28. The van der Waals surface area contributed by atoms with E-state index in [-0.39, 0.29) is 17.9 Å². The van der Waals surface area contributed by atoms with E-state index in [2.05, 4.69) is 31.5 Å². The van der Waals surface area contributed by atoms with E-state index < -0.39 is 6.04 Å². The lowest BCUT2D eigenvalue weighted by atomic mass is 10.2. The maximum atomic E-state index is 12.5. The van der Waals surface area contributed by atoms with Crippen molar-refractivity contribution in [2.75, 3.05) is 25.1 Å². The number of benzene rings is 1. The molecule has 0 aliphatic carbocycles. The quantitative estimate of drug-likeness (QED) is 0.653. The number of hydrogen-bond donors (Lipinski definition) is 2. The second kappa shape index (κ2) is 9.15. The molecular weight excluding hydrogens is 466 g/mol. The van der Waals surface area contributed by atoms with Crippen molar-refractivity contribution in [2.24, 2.45) is 0 Å². The Hall–Kier alpha value is -1.77. The van der Waals surface area contributed by atoms with Crippen LogP contribution in [-0.4, -0.2) is 44.1 Å². The Morgan fingerprint density at radius 2 is 2.14 bits per heavy atom. The van der Waals surface area contributed by atoms with Gasteiger partial charge in [0.15, 0.2) is 0 Å². The van der Waals surface area contributed by atoms with Gasteiger partial charge in [0.2, 0.25) is 5.91 Å². The van der Waals surface area contributed by atoms with E-state index in [4.69, 9.17) is 16.3 Å². The van der Waals surface area contributed by atoms with Crippen molar-refractivity contribution in [1.29, 1.82) is 0 Å². The summed E-state index contributed by atoms with van der Waals surface area (Å²) in [5, 5.41) is 6.40. The van der Waals surface area contributed by atoms with Gasteiger partial charge < -0.3 is 20.3 Å². The molecule has 1 aliphatic rings. The van der Waals surface area contributed by atoms with E-state index in [1.807, 2.05) is 18.2 Å². The van der Waals surface area contributed by atoms with Gasteiger partial charge in [-0.05, 0) is 59.6 Å². The summed E-state index contributed by atoms with van der Waals surface area (Å²) in [6.45, 7) is 3.12. The highest BCUT2D eigenvalue weighted by atomic mass is 79.9. The number of hydrogen-bond acceptors (Lipinski definition) is 5. The van der Waals surface area contributed by atoms with E-state index in [1.54, 1.807) is 26.2 Å². The zero-order chi connectivity index (χ0) is 20.3. The monoisotopic (exact) mass is 485 g/mol. The molecule has 1 saturated heterocycles. The molecule has 2 aromatic rings. The second-order valence-electron chi connectivity index (χ2n) is 6.56. The Morgan fingerprint density at radius 3 is 2.82 bits per heavy atom. The molecule has 2 unspecified atom stereocenters. The van der Waals surface area contributed by atoms with Gasteiger partial charge in [-0.25, -0.2) is 0 Å². The molecule has 0 spiro atoms. The number of carbonyl (C=O) groups excluding carboxylic acids is 2. The van der Waals surface area contributed by atoms with Crippen molar-refractivity contribution < 1.29 is 14.3 Å². The Morgan fingerprint density at radius 1 is 1.36 bits per heavy atom. The summed E-state index contributed by atoms with van der Waals surface area (Å²) in [6, 6.07) is 8.39. The fourth-order valence-corrected chi connectivity index (χ4v) is 4.56. The van der Waals surface area contributed by atoms with Gasteiger partial charge >= 0.3 is 0 Å². The van der Waals surface area contributed by atoms with E-state index in [0.29, 0.717) is 16.4 Å². The largest absolute Gasteiger partial charge is 0.495 e. The zero-order valence-corrected chi connectivity index (χ0v) is 18.7. The van der Waals surface area contributed by atoms with Crippen LogP contribution in [0.3, 0.4) is 0 Å². The number of amides is 2. The van der Waals surface area contributed by atoms with E-state index in [1.165, 1.54) is 11.3 Å². The molecule has 0 bridgehead atoms. The molecule has 150 valence electrons. The fourth-order valence-electron chi connectivity index (χ4n) is 3.10. The van der Waals surface area contributed by atoms with Crippen LogP contribution in [-0.2, 0) is 4.79 Å². The van der Waals surface area contributed by atoms with Gasteiger partial charge in [-0.3, -0.25) is 9.59 Å². The average molecular weight is 487 g/mol. The lowest BCUT2D eigenvalue weighted by molar-refractivity contribution is -0.123. The molecule has 1 aromatic carbocycles. The lowest BCUT2D eigenvalue weighted by Gasteiger charge is -2.22. The summed E-state index contributed by atoms with van der Waals surface area (Å²) in [6.07, 6.45) is 0.806. The second-order valence-corrected chi connectivity index (χ2v) is 9.45. The number of nitrogens with zero attached hydrogens (tertiary/aromatic N) is 1. The van der Waals surface area contributed by atoms with Gasteiger partial charge in [-0.2, -0.15) is 0 Å². The number of methoxy groups -OCH3 is 1. The molecule has 1 fully saturated rings. The Bertz CT molecular complexity index is 876. The van der Waals surface area contributed by atoms with Crippen molar-refractivity contribution in [3.63, 3.8) is 0 Å². The maximum Gasteiger partial charge on any atom is 0.262 e. The zero-order valence-electron chi connectivity index (χ0n) is 15.5. The minimum atomic E-state index is -0.622. The van der Waals surface area contributed by atoms with Crippen molar-refractivity contribution in [3.05, 3.63) is 44.0 Å². The molecule has 2 amide bonds. The van der Waals surface area contributed by atoms with Crippen LogP contribution >= 0.6 is 38.9 Å². The molecule has 28 heavy (non-hydrogen) atoms. The SMILES string of the molecule is COc1ccc(Cl)cc1N1CCC(NC(=O)C(C)NC(=O)c2ccc(Br)s2)C1. The minimum absolute atomic E-state index is 0.00794. The number of halogens is 2. The number of nitrogens with one attached hydrogen (secondary N) is 2. The van der Waals surface area contributed by atoms with Gasteiger partial charge in [-0.1, -0.05) is 11.6 Å². The first kappa shape index (κ1) is 21.0. The highest BCUT2D eigenvalue weighted by Crippen LogP contribution is 2.33. The van der Waals surface area contributed by atoms with Crippen molar-refractivity contribution >= 4 is 56.4 Å². The summed E-state index contributed by atoms with van der Waals surface area (Å²) >= 11 is 10.8. The summed E-state index contributed by atoms with van der Waals surface area (Å²) in [5.74, 6) is 0.294. The molecule has 2 N–H and O–H groups in total. The predicted molar refractivity (Wildman–Crippen MR) is 116 cm³/mol. The van der Waals surface area contributed by atoms with Gasteiger partial charge in [-0.15, -0.1) is 11.3 Å². The number of ether oxygens (including phenoxy) is 1. The third-order valence-electron chi connectivity index (χ3n) is 4.55. The topological polar surface area (TPSA) is 70.7 Å². The normalized spacial score (nSPS) is 17.3. The first-order chi connectivity index (χ1) is 13.4. The molecule has 1 aliphatic heterocycles. The minimum Gasteiger partial charge on any atom is -0.495 e. The summed E-state index contributed by atoms with van der Waals surface area (Å²) in [5.41, 5.74) is 0.913. The summed E-state index contributed by atoms with van der Waals surface area (Å²) < 4.78 is 6.29. The lowest BCUT2D eigenvalue weighted by Crippen LogP contribution is -2.48. The Kier molecular flexibility index (Phi) is 6.85. The van der Waals surface area contributed by atoms with Gasteiger partial charge in [0, 0.05) is 24.2 Å². The van der Waals surface area contributed by atoms with Crippen LogP contribution in [0.15, 0.2) is 34.1 Å². The van der Waals surface area contributed by atoms with Crippen LogP contribution in [0.5, 0.6) is 5.75 Å². The molecule has 9 heteroatoms. The molecule has 0 saturated carbocycles. The van der Waals surface area contributed by atoms with E-state index in [9.17, 15) is 9.59 Å². The van der Waals surface area contributed by atoms with Crippen LogP contribution in [0.4, 0.5) is 5.69 Å². The third kappa shape index (κ3) is 4.98. The number of thiophene rings is 1. The van der Waals surface area contributed by atoms with Crippen molar-refractivity contribution in [2.45, 2.75) is 25.4 Å². The van der Waals surface area contributed by atoms with Crippen LogP contribution in [0, 0.1) is 0 Å². The molecule has 2 atom stereocenters. The standard InChI is InChI=1S/C19H21BrClN3O3S/c1-11(22-19(26)16-5-6-17(20)28-16)18(25)23-13-7-8-24(10-13)14-9-12(21)3-4-15(14)27-2/h3-6,9,11,13H,7-8,10H2,1-2H3,(H,22,26)(H,23,25). The van der Waals surface area contributed by atoms with E-state index in [0.717, 1.165) is 28.2 Å². The first-order valence-electron chi connectivity index (χ1n) is 8.82. The average Bonchev–Trinajstić information content (AvgIpc) is 3.30. The van der Waals surface area contributed by atoms with Crippen molar-refractivity contribution in [1.82, 2.24) is 10.6 Å². The van der Waals surface area contributed by atoms with Crippen molar-refractivity contribution in [3.8, 4) is 5.75 Å². The summed E-state index contributed by atoms with van der Waals surface area (Å²) in [7, 11) is 1.62. The maximum absolute atomic E-state index is 12.5. The molecule has 1 aromatic heterocycles. The van der Waals surface area contributed by atoms with Gasteiger partial charge in [0.25, 0.3) is 5.91 Å². The van der Waals surface area contributed by atoms with Crippen LogP contribution in [0.2, 0.25) is 5.02 Å². The molecule has 3 rings (SSSR count). The van der Waals surface area contributed by atoms with Crippen LogP contribution in [0.25, 0.3) is 0 Å². The fraction of sp³-hybridized carbons (Fsp3) is 0.368. The smallest absolute Gasteiger partial charge is 0.262 e. The number of carbonyl (C=O) groups is 2. The number of anilines is 1. The molecule has 6 nitrogen and oxygen atoms in total. The molecular formula is C19H21BrClN3O3S. The van der Waals surface area contributed by atoms with Gasteiger partial charge in [0.1, 0.15) is 11.8 Å². The van der Waals surface area contributed by atoms with Gasteiger partial charge in [0.05, 0.1) is 21.5 Å². The first-order valence-corrected chi connectivity index (χ1v) is 10.8. The third-order valence-corrected chi connectivity index (χ3v) is 6.41. The highest BCUT2D eigenvalue weighted by molar-refractivity contribution is 9.11. The van der Waals surface area contributed by atoms with Crippen LogP contribution < -0.4 is 20.3 Å². The van der Waals surface area contributed by atoms with E-state index >= 15 is 0 Å². The Balaban J connectivity index is 1.55. The predicted octanol–water partition coefficient (Wildman–Crippen LogP) is 3.69.